The van der Waals surface area contributed by atoms with Gasteiger partial charge in [-0.05, 0) is 33.1 Å². The third-order valence-corrected chi connectivity index (χ3v) is 4.13. The standard InChI is InChI=1S/C13H20N2O3S/c1-8-7-18-12(14-8)19-9(2)6-13(3,11(16)17)15-10-4-5-10/h7,9-10,15H,4-6H2,1-3H3,(H,16,17). The van der Waals surface area contributed by atoms with Gasteiger partial charge >= 0.3 is 5.97 Å². The summed E-state index contributed by atoms with van der Waals surface area (Å²) in [6.07, 6.45) is 4.28. The summed E-state index contributed by atoms with van der Waals surface area (Å²) in [6.45, 7) is 5.62. The number of aromatic nitrogens is 1. The highest BCUT2D eigenvalue weighted by molar-refractivity contribution is 7.99. The van der Waals surface area contributed by atoms with Gasteiger partial charge in [-0.15, -0.1) is 0 Å². The van der Waals surface area contributed by atoms with E-state index in [2.05, 4.69) is 10.3 Å². The fraction of sp³-hybridized carbons (Fsp3) is 0.692. The molecule has 2 unspecified atom stereocenters. The molecule has 19 heavy (non-hydrogen) atoms. The maximum Gasteiger partial charge on any atom is 0.323 e. The Bertz CT molecular complexity index is 458. The fourth-order valence-corrected chi connectivity index (χ4v) is 3.12. The molecule has 1 heterocycles. The van der Waals surface area contributed by atoms with Gasteiger partial charge in [0.2, 0.25) is 0 Å². The zero-order chi connectivity index (χ0) is 14.0. The third-order valence-electron chi connectivity index (χ3n) is 3.17. The van der Waals surface area contributed by atoms with Crippen LogP contribution in [0.4, 0.5) is 0 Å². The van der Waals surface area contributed by atoms with Gasteiger partial charge in [0.25, 0.3) is 5.22 Å². The number of oxazole rings is 1. The number of rotatable bonds is 7. The Hall–Kier alpha value is -1.01. The number of nitrogens with zero attached hydrogens (tertiary/aromatic N) is 1. The average Bonchev–Trinajstić information content (AvgIpc) is 3.00. The highest BCUT2D eigenvalue weighted by atomic mass is 32.2. The Morgan fingerprint density at radius 1 is 1.74 bits per heavy atom. The van der Waals surface area contributed by atoms with Gasteiger partial charge in [0.1, 0.15) is 11.8 Å². The van der Waals surface area contributed by atoms with Crippen molar-refractivity contribution >= 4 is 17.7 Å². The highest BCUT2D eigenvalue weighted by Gasteiger charge is 2.39. The Balaban J connectivity index is 1.94. The molecule has 1 aromatic heterocycles. The second kappa shape index (κ2) is 5.54. The Labute approximate surface area is 117 Å². The molecule has 6 heteroatoms. The topological polar surface area (TPSA) is 75.4 Å². The van der Waals surface area contributed by atoms with Crippen molar-refractivity contribution in [2.24, 2.45) is 0 Å². The zero-order valence-corrected chi connectivity index (χ0v) is 12.3. The van der Waals surface area contributed by atoms with Crippen molar-refractivity contribution in [2.45, 2.75) is 62.1 Å². The monoisotopic (exact) mass is 284 g/mol. The second-order valence-electron chi connectivity index (χ2n) is 5.44. The van der Waals surface area contributed by atoms with E-state index in [1.807, 2.05) is 13.8 Å². The van der Waals surface area contributed by atoms with Crippen molar-refractivity contribution in [3.05, 3.63) is 12.0 Å². The van der Waals surface area contributed by atoms with E-state index in [1.54, 1.807) is 13.2 Å². The first kappa shape index (κ1) is 14.4. The Morgan fingerprint density at radius 2 is 2.42 bits per heavy atom. The summed E-state index contributed by atoms with van der Waals surface area (Å²) < 4.78 is 5.29. The van der Waals surface area contributed by atoms with Gasteiger partial charge in [-0.1, -0.05) is 18.7 Å². The van der Waals surface area contributed by atoms with Crippen LogP contribution in [0, 0.1) is 6.92 Å². The van der Waals surface area contributed by atoms with Gasteiger partial charge in [-0.2, -0.15) is 0 Å². The van der Waals surface area contributed by atoms with Gasteiger partial charge in [-0.25, -0.2) is 4.98 Å². The molecule has 0 spiro atoms. The molecule has 106 valence electrons. The van der Waals surface area contributed by atoms with Gasteiger partial charge in [0, 0.05) is 11.3 Å². The number of hydrogen-bond donors (Lipinski definition) is 2. The van der Waals surface area contributed by atoms with Crippen LogP contribution in [0.1, 0.15) is 38.8 Å². The summed E-state index contributed by atoms with van der Waals surface area (Å²) in [5.74, 6) is -0.796. The first-order chi connectivity index (χ1) is 8.89. The van der Waals surface area contributed by atoms with Crippen molar-refractivity contribution < 1.29 is 14.3 Å². The van der Waals surface area contributed by atoms with Gasteiger partial charge in [0.05, 0.1) is 5.69 Å². The number of thioether (sulfide) groups is 1. The average molecular weight is 284 g/mol. The fourth-order valence-electron chi connectivity index (χ4n) is 2.06. The molecule has 0 radical (unpaired) electrons. The van der Waals surface area contributed by atoms with Crippen LogP contribution in [0.25, 0.3) is 0 Å². The molecular formula is C13H20N2O3S. The van der Waals surface area contributed by atoms with Crippen LogP contribution in [0.5, 0.6) is 0 Å². The lowest BCUT2D eigenvalue weighted by Crippen LogP contribution is -2.51. The third kappa shape index (κ3) is 3.98. The molecule has 1 saturated carbocycles. The summed E-state index contributed by atoms with van der Waals surface area (Å²) in [4.78, 5) is 15.7. The first-order valence-electron chi connectivity index (χ1n) is 6.49. The molecule has 0 saturated heterocycles. The van der Waals surface area contributed by atoms with Crippen molar-refractivity contribution in [1.29, 1.82) is 0 Å². The minimum atomic E-state index is -0.880. The smallest absolute Gasteiger partial charge is 0.323 e. The molecule has 2 rings (SSSR count). The molecule has 0 bridgehead atoms. The summed E-state index contributed by atoms with van der Waals surface area (Å²) in [5, 5.41) is 13.4. The number of carboxylic acids is 1. The number of carbonyl (C=O) groups is 1. The molecule has 1 aliphatic rings. The molecule has 1 aromatic rings. The zero-order valence-electron chi connectivity index (χ0n) is 11.5. The van der Waals surface area contributed by atoms with E-state index < -0.39 is 11.5 Å². The summed E-state index contributed by atoms with van der Waals surface area (Å²) in [5.41, 5.74) is -0.0401. The summed E-state index contributed by atoms with van der Waals surface area (Å²) >= 11 is 1.48. The van der Waals surface area contributed by atoms with E-state index in [-0.39, 0.29) is 5.25 Å². The van der Waals surface area contributed by atoms with Gasteiger partial charge in [0.15, 0.2) is 0 Å². The van der Waals surface area contributed by atoms with Crippen LogP contribution < -0.4 is 5.32 Å². The Kier molecular flexibility index (Phi) is 4.20. The molecule has 1 aliphatic carbocycles. The van der Waals surface area contributed by atoms with E-state index >= 15 is 0 Å². The van der Waals surface area contributed by atoms with Gasteiger partial charge in [-0.3, -0.25) is 10.1 Å². The van der Waals surface area contributed by atoms with Crippen LogP contribution in [-0.4, -0.2) is 32.9 Å². The largest absolute Gasteiger partial charge is 0.480 e. The van der Waals surface area contributed by atoms with E-state index in [0.717, 1.165) is 18.5 Å². The number of hydrogen-bond acceptors (Lipinski definition) is 5. The lowest BCUT2D eigenvalue weighted by atomic mass is 9.96. The summed E-state index contributed by atoms with van der Waals surface area (Å²) in [7, 11) is 0. The molecule has 2 N–H and O–H groups in total. The minimum Gasteiger partial charge on any atom is -0.480 e. The van der Waals surface area contributed by atoms with Crippen molar-refractivity contribution in [1.82, 2.24) is 10.3 Å². The first-order valence-corrected chi connectivity index (χ1v) is 7.37. The van der Waals surface area contributed by atoms with Gasteiger partial charge < -0.3 is 9.52 Å². The van der Waals surface area contributed by atoms with Crippen LogP contribution >= 0.6 is 11.8 Å². The van der Waals surface area contributed by atoms with Crippen molar-refractivity contribution in [3.63, 3.8) is 0 Å². The minimum absolute atomic E-state index is 0.116. The van der Waals surface area contributed by atoms with Crippen LogP contribution in [0.15, 0.2) is 15.9 Å². The predicted molar refractivity (Wildman–Crippen MR) is 73.4 cm³/mol. The molecule has 2 atom stereocenters. The lowest BCUT2D eigenvalue weighted by Gasteiger charge is -2.28. The van der Waals surface area contributed by atoms with Crippen LogP contribution in [-0.2, 0) is 4.79 Å². The number of nitrogens with one attached hydrogen (secondary N) is 1. The lowest BCUT2D eigenvalue weighted by molar-refractivity contribution is -0.144. The SMILES string of the molecule is Cc1coc(SC(C)CC(C)(NC2CC2)C(=O)O)n1. The highest BCUT2D eigenvalue weighted by Crippen LogP contribution is 2.31. The number of aliphatic carboxylic acids is 1. The summed E-state index contributed by atoms with van der Waals surface area (Å²) in [6, 6.07) is 0.363. The van der Waals surface area contributed by atoms with Crippen LogP contribution in [0.3, 0.4) is 0 Å². The molecule has 0 aromatic carbocycles. The normalized spacial score (nSPS) is 19.9. The maximum absolute atomic E-state index is 11.5. The molecule has 5 nitrogen and oxygen atoms in total. The van der Waals surface area contributed by atoms with Crippen LogP contribution in [0.2, 0.25) is 0 Å². The molecule has 1 fully saturated rings. The van der Waals surface area contributed by atoms with Crippen molar-refractivity contribution in [2.75, 3.05) is 0 Å². The van der Waals surface area contributed by atoms with E-state index in [4.69, 9.17) is 4.42 Å². The predicted octanol–water partition coefficient (Wildman–Crippen LogP) is 2.45. The maximum atomic E-state index is 11.5. The quantitative estimate of drug-likeness (QED) is 0.749. The Morgan fingerprint density at radius 3 is 2.89 bits per heavy atom. The van der Waals surface area contributed by atoms with E-state index in [9.17, 15) is 9.90 Å². The molecule has 0 amide bonds. The molecular weight excluding hydrogens is 264 g/mol. The number of aryl methyl sites for hydroxylation is 1. The van der Waals surface area contributed by atoms with E-state index in [1.165, 1.54) is 11.8 Å². The molecule has 0 aliphatic heterocycles. The second-order valence-corrected chi connectivity index (χ2v) is 6.83. The number of carboxylic acid groups (broad SMARTS) is 1. The van der Waals surface area contributed by atoms with E-state index in [0.29, 0.717) is 17.7 Å². The van der Waals surface area contributed by atoms with Crippen molar-refractivity contribution in [3.8, 4) is 0 Å².